The molecule has 10 atom stereocenters. The first-order valence-corrected chi connectivity index (χ1v) is 33.1. The topological polar surface area (TPSA) is 245 Å². The number of hydrazine groups is 1. The monoisotopic (exact) mass is 1230 g/mol. The van der Waals surface area contributed by atoms with Crippen LogP contribution in [0.1, 0.15) is 196 Å². The molecule has 1 aromatic rings. The number of unbranched alkanes of at least 4 members (excludes halogenated alkanes) is 3. The summed E-state index contributed by atoms with van der Waals surface area (Å²) < 4.78 is 13.6. The zero-order valence-corrected chi connectivity index (χ0v) is 56.1. The van der Waals surface area contributed by atoms with Crippen molar-refractivity contribution in [1.29, 1.82) is 0 Å². The van der Waals surface area contributed by atoms with Gasteiger partial charge < -0.3 is 25.0 Å². The molecule has 4 N–H and O–H groups in total. The van der Waals surface area contributed by atoms with E-state index in [4.69, 9.17) is 14.3 Å². The Kier molecular flexibility index (Phi) is 31.4. The van der Waals surface area contributed by atoms with Crippen LogP contribution in [0.5, 0.6) is 0 Å². The van der Waals surface area contributed by atoms with Gasteiger partial charge >= 0.3 is 5.91 Å². The summed E-state index contributed by atoms with van der Waals surface area (Å²) in [6.07, 6.45) is 9.46. The minimum Gasteiger partial charge on any atom is -0.378 e. The first kappa shape index (κ1) is 74.8. The number of likely N-dealkylation sites (N-methyl/N-ethyl adjacent to an activating group) is 1. The highest BCUT2D eigenvalue weighted by molar-refractivity contribution is 6.04. The van der Waals surface area contributed by atoms with Crippen molar-refractivity contribution in [2.75, 3.05) is 54.1 Å². The highest BCUT2D eigenvalue weighted by atomic mass is 16.7. The molecule has 21 nitrogen and oxygen atoms in total. The predicted molar refractivity (Wildman–Crippen MR) is 339 cm³/mol. The lowest BCUT2D eigenvalue weighted by molar-refractivity contribution is -0.505. The number of imide groups is 1. The Morgan fingerprint density at radius 2 is 1.49 bits per heavy atom. The fourth-order valence-corrected chi connectivity index (χ4v) is 12.9. The minimum absolute atomic E-state index is 0.0745. The third-order valence-electron chi connectivity index (χ3n) is 19.1. The quantitative estimate of drug-likeness (QED) is 0.0171. The van der Waals surface area contributed by atoms with Gasteiger partial charge in [0.15, 0.2) is 12.1 Å². The van der Waals surface area contributed by atoms with Gasteiger partial charge in [-0.1, -0.05) is 113 Å². The van der Waals surface area contributed by atoms with E-state index in [9.17, 15) is 43.2 Å². The lowest BCUT2D eigenvalue weighted by atomic mass is 9.72. The van der Waals surface area contributed by atoms with Crippen molar-refractivity contribution in [3.8, 4) is 0 Å². The number of carbonyl (C=O) groups excluding carboxylic acids is 9. The second-order valence-corrected chi connectivity index (χ2v) is 26.0. The van der Waals surface area contributed by atoms with Crippen LogP contribution in [0.15, 0.2) is 24.3 Å². The summed E-state index contributed by atoms with van der Waals surface area (Å²) in [5, 5.41) is 7.47. The van der Waals surface area contributed by atoms with Gasteiger partial charge in [-0.3, -0.25) is 63.8 Å². The van der Waals surface area contributed by atoms with Crippen molar-refractivity contribution in [3.63, 3.8) is 0 Å². The number of carbonyl (C=O) groups is 9. The third-order valence-corrected chi connectivity index (χ3v) is 19.1. The molecule has 9 amide bonds. The van der Waals surface area contributed by atoms with Crippen molar-refractivity contribution in [1.82, 2.24) is 41.2 Å². The summed E-state index contributed by atoms with van der Waals surface area (Å²) >= 11 is 0. The highest BCUT2D eigenvalue weighted by Gasteiger charge is 2.48. The van der Waals surface area contributed by atoms with Gasteiger partial charge in [0.25, 0.3) is 5.91 Å². The van der Waals surface area contributed by atoms with Crippen molar-refractivity contribution in [2.45, 2.75) is 241 Å². The molecule has 3 aliphatic heterocycles. The summed E-state index contributed by atoms with van der Waals surface area (Å²) in [6, 6.07) is 4.44. The van der Waals surface area contributed by atoms with E-state index in [2.05, 4.69) is 68.0 Å². The van der Waals surface area contributed by atoms with Gasteiger partial charge in [0, 0.05) is 65.5 Å². The molecule has 88 heavy (non-hydrogen) atoms. The lowest BCUT2D eigenvalue weighted by Crippen LogP contribution is -2.58. The van der Waals surface area contributed by atoms with Crippen molar-refractivity contribution < 1.29 is 62.0 Å². The number of nitrogens with zero attached hydrogens (tertiary/aromatic N) is 5. The Morgan fingerprint density at radius 1 is 0.818 bits per heavy atom. The first-order valence-electron chi connectivity index (χ1n) is 33.1. The number of methoxy groups -OCH3 is 2. The van der Waals surface area contributed by atoms with Gasteiger partial charge in [-0.2, -0.15) is 4.58 Å². The Morgan fingerprint density at radius 3 is 2.08 bits per heavy atom. The van der Waals surface area contributed by atoms with Gasteiger partial charge in [0.05, 0.1) is 43.1 Å². The molecule has 3 heterocycles. The third kappa shape index (κ3) is 21.0. The van der Waals surface area contributed by atoms with E-state index in [-0.39, 0.29) is 108 Å². The molecule has 3 saturated heterocycles. The molecular formula is C67H112N9O12+. The average molecular weight is 1240 g/mol. The van der Waals surface area contributed by atoms with E-state index in [1.165, 1.54) is 34.3 Å². The molecule has 0 aliphatic carbocycles. The second kappa shape index (κ2) is 36.9. The molecule has 0 spiro atoms. The Balaban J connectivity index is 1.33. The lowest BCUT2D eigenvalue weighted by Gasteiger charge is -2.36. The van der Waals surface area contributed by atoms with Crippen LogP contribution in [0.3, 0.4) is 0 Å². The van der Waals surface area contributed by atoms with Gasteiger partial charge in [-0.15, -0.1) is 0 Å². The number of ether oxygens (including phenoxy) is 2. The standard InChI is InChI=1S/C67H111N9O12/c1-16-20-29-48-30-26-31-49(40-48)41-51(65(84)76-38-24-25-39-88-76)68-62(81)47(10)61(87-15)52-32-27-37-74(52)57(80)43-53(86-14)60(46(9)17-2)73(13)66(85)58(44(5)6)69-63(82)59(45(7)8)72(12)35-28-34-55(78)71-70-54(77)33-22-21-23-36-75-56(79)42-50(64(75)83)67(11,18-3)19-4/h26,30-31,40,44-47,50-53,58-61H,13,16-25,27-29,32-39,41-43H2,1-12,14-15H3,(H3-,68,69,70,71,77,78,81,82)/p+1. The van der Waals surface area contributed by atoms with E-state index < -0.39 is 54.2 Å². The number of likely N-dealkylation sites (tertiary alicyclic amines) is 2. The minimum atomic E-state index is -0.987. The molecule has 0 aromatic heterocycles. The van der Waals surface area contributed by atoms with Crippen LogP contribution in [0.4, 0.5) is 0 Å². The van der Waals surface area contributed by atoms with Gasteiger partial charge in [0.1, 0.15) is 18.9 Å². The molecule has 0 saturated carbocycles. The fraction of sp³-hybridized carbons (Fsp3) is 0.761. The number of hydrogen-bond donors (Lipinski definition) is 4. The van der Waals surface area contributed by atoms with Crippen LogP contribution < -0.4 is 21.5 Å². The molecular weight excluding hydrogens is 1120 g/mol. The smallest absolute Gasteiger partial charge is 0.378 e. The molecule has 0 radical (unpaired) electrons. The maximum absolute atomic E-state index is 14.8. The summed E-state index contributed by atoms with van der Waals surface area (Å²) in [6.45, 7) is 27.8. The van der Waals surface area contributed by atoms with E-state index in [1.54, 1.807) is 18.9 Å². The molecule has 4 rings (SSSR count). The van der Waals surface area contributed by atoms with E-state index in [1.807, 2.05) is 58.6 Å². The fourth-order valence-electron chi connectivity index (χ4n) is 12.9. The van der Waals surface area contributed by atoms with Crippen LogP contribution in [0.2, 0.25) is 0 Å². The largest absolute Gasteiger partial charge is 0.409 e. The Bertz CT molecular complexity index is 2480. The van der Waals surface area contributed by atoms with Crippen LogP contribution in [0, 0.1) is 35.0 Å². The second-order valence-electron chi connectivity index (χ2n) is 26.0. The molecule has 0 bridgehead atoms. The zero-order valence-electron chi connectivity index (χ0n) is 56.1. The van der Waals surface area contributed by atoms with Crippen molar-refractivity contribution in [2.24, 2.45) is 35.0 Å². The van der Waals surface area contributed by atoms with Gasteiger partial charge in [0.2, 0.25) is 41.4 Å². The number of amides is 9. The predicted octanol–water partition coefficient (Wildman–Crippen LogP) is 7.10. The van der Waals surface area contributed by atoms with E-state index in [0.717, 1.165) is 50.5 Å². The van der Waals surface area contributed by atoms with Crippen molar-refractivity contribution in [3.05, 3.63) is 35.4 Å². The summed E-state index contributed by atoms with van der Waals surface area (Å²) in [7, 11) is 4.83. The Hall–Kier alpha value is -5.64. The van der Waals surface area contributed by atoms with Crippen molar-refractivity contribution >= 4 is 59.9 Å². The van der Waals surface area contributed by atoms with Crippen LogP contribution in [-0.4, -0.2) is 181 Å². The molecule has 21 heteroatoms. The Labute approximate surface area is 526 Å². The summed E-state index contributed by atoms with van der Waals surface area (Å²) in [4.78, 5) is 134. The molecule has 10 unspecified atom stereocenters. The number of rotatable bonds is 37. The van der Waals surface area contributed by atoms with E-state index >= 15 is 0 Å². The number of aryl methyl sites for hydroxylation is 1. The molecule has 1 aromatic carbocycles. The number of nitrogens with one attached hydrogen (secondary N) is 4. The maximum Gasteiger partial charge on any atom is 0.409 e. The van der Waals surface area contributed by atoms with Crippen LogP contribution >= 0.6 is 0 Å². The highest BCUT2D eigenvalue weighted by Crippen LogP contribution is 2.41. The molecule has 3 aliphatic rings. The molecule has 3 fully saturated rings. The molecule has 496 valence electrons. The number of hydrogen-bond acceptors (Lipinski definition) is 13. The van der Waals surface area contributed by atoms with Gasteiger partial charge in [-0.05, 0) is 119 Å². The summed E-state index contributed by atoms with van der Waals surface area (Å²) in [5.41, 5.74) is 6.85. The first-order chi connectivity index (χ1) is 41.8. The van der Waals surface area contributed by atoms with Gasteiger partial charge in [-0.25, -0.2) is 9.86 Å². The normalized spacial score (nSPS) is 19.3. The number of benzene rings is 1. The average Bonchev–Trinajstić information content (AvgIpc) is 1.79. The maximum atomic E-state index is 14.8. The summed E-state index contributed by atoms with van der Waals surface area (Å²) in [5.74, 6) is -4.48. The number of hydroxylamine groups is 2. The SMILES string of the molecule is C=[N+](C(=O)C(NC(=O)C(C(C)C)N(C)CCCC(=O)NNC(=O)CCCCCN1C(=O)CC(C(C)(CC)CC)C1=O)C(C)C)C(C(C)CC)C(CC(=O)N1CCCC1C(OC)C(C)C(=O)NC(Cc1cccc(CCCC)c1)C(=O)N1CCCCO1)OC. The zero-order chi connectivity index (χ0) is 65.4. The van der Waals surface area contributed by atoms with Crippen LogP contribution in [-0.2, 0) is 70.3 Å². The van der Waals surface area contributed by atoms with E-state index in [0.29, 0.717) is 77.7 Å². The van der Waals surface area contributed by atoms with Crippen LogP contribution in [0.25, 0.3) is 0 Å².